The Morgan fingerprint density at radius 1 is 1.22 bits per heavy atom. The molecule has 0 fully saturated rings. The SMILES string of the molecule is CCC(C)(Pc1ccc(C)cc1C=O)c1cccc(C)c1OC. The van der Waals surface area contributed by atoms with Crippen molar-refractivity contribution in [2.24, 2.45) is 0 Å². The maximum absolute atomic E-state index is 11.4. The minimum Gasteiger partial charge on any atom is -0.496 e. The first-order chi connectivity index (χ1) is 10.9. The lowest BCUT2D eigenvalue weighted by Gasteiger charge is -2.31. The molecule has 0 radical (unpaired) electrons. The Morgan fingerprint density at radius 2 is 1.96 bits per heavy atom. The van der Waals surface area contributed by atoms with Crippen LogP contribution in [0.5, 0.6) is 5.75 Å². The Balaban J connectivity index is 2.50. The monoisotopic (exact) mass is 328 g/mol. The van der Waals surface area contributed by atoms with Gasteiger partial charge in [-0.15, -0.1) is 0 Å². The van der Waals surface area contributed by atoms with Crippen LogP contribution in [-0.4, -0.2) is 13.4 Å². The highest BCUT2D eigenvalue weighted by Gasteiger charge is 2.29. The molecule has 2 rings (SSSR count). The Labute approximate surface area is 141 Å². The Hall–Kier alpha value is -1.66. The fourth-order valence-corrected chi connectivity index (χ4v) is 4.44. The highest BCUT2D eigenvalue weighted by atomic mass is 31.1. The number of hydrogen-bond donors (Lipinski definition) is 0. The number of carbonyl (C=O) groups is 1. The Kier molecular flexibility index (Phi) is 5.59. The normalized spacial score (nSPS) is 14.0. The van der Waals surface area contributed by atoms with Crippen molar-refractivity contribution in [1.29, 1.82) is 0 Å². The van der Waals surface area contributed by atoms with Gasteiger partial charge < -0.3 is 4.74 Å². The Bertz CT molecular complexity index is 709. The van der Waals surface area contributed by atoms with Crippen molar-refractivity contribution in [2.45, 2.75) is 39.3 Å². The fourth-order valence-electron chi connectivity index (χ4n) is 2.89. The zero-order chi connectivity index (χ0) is 17.0. The number of benzene rings is 2. The second kappa shape index (κ2) is 7.27. The Morgan fingerprint density at radius 3 is 2.57 bits per heavy atom. The van der Waals surface area contributed by atoms with Gasteiger partial charge in [0.25, 0.3) is 0 Å². The highest BCUT2D eigenvalue weighted by Crippen LogP contribution is 2.48. The van der Waals surface area contributed by atoms with Crippen LogP contribution in [0.15, 0.2) is 36.4 Å². The van der Waals surface area contributed by atoms with Crippen LogP contribution in [0.2, 0.25) is 0 Å². The molecule has 2 unspecified atom stereocenters. The summed E-state index contributed by atoms with van der Waals surface area (Å²) in [5, 5.41) is 1.07. The molecule has 2 atom stereocenters. The van der Waals surface area contributed by atoms with E-state index < -0.39 is 0 Å². The number of carbonyl (C=O) groups excluding carboxylic acids is 1. The van der Waals surface area contributed by atoms with Crippen LogP contribution in [0, 0.1) is 13.8 Å². The molecule has 2 nitrogen and oxygen atoms in total. The van der Waals surface area contributed by atoms with Crippen LogP contribution in [0.25, 0.3) is 0 Å². The molecule has 122 valence electrons. The molecule has 0 bridgehead atoms. The van der Waals surface area contributed by atoms with E-state index in [0.717, 1.165) is 40.5 Å². The third kappa shape index (κ3) is 3.64. The molecule has 0 spiro atoms. The molecule has 23 heavy (non-hydrogen) atoms. The number of para-hydroxylation sites is 1. The summed E-state index contributed by atoms with van der Waals surface area (Å²) in [6.45, 7) is 8.55. The molecule has 2 aromatic rings. The van der Waals surface area contributed by atoms with E-state index >= 15 is 0 Å². The molecule has 0 amide bonds. The topological polar surface area (TPSA) is 26.3 Å². The van der Waals surface area contributed by atoms with Crippen molar-refractivity contribution in [3.63, 3.8) is 0 Å². The number of aryl methyl sites for hydroxylation is 2. The van der Waals surface area contributed by atoms with Gasteiger partial charge >= 0.3 is 0 Å². The highest BCUT2D eigenvalue weighted by molar-refractivity contribution is 7.48. The van der Waals surface area contributed by atoms with E-state index in [1.807, 2.05) is 13.0 Å². The van der Waals surface area contributed by atoms with Gasteiger partial charge in [0.1, 0.15) is 5.75 Å². The molecule has 0 N–H and O–H groups in total. The van der Waals surface area contributed by atoms with E-state index in [-0.39, 0.29) is 5.16 Å². The smallest absolute Gasteiger partial charge is 0.150 e. The summed E-state index contributed by atoms with van der Waals surface area (Å²) < 4.78 is 5.67. The predicted octanol–water partition coefficient (Wildman–Crippen LogP) is 4.75. The average molecular weight is 328 g/mol. The van der Waals surface area contributed by atoms with Gasteiger partial charge in [0.15, 0.2) is 6.29 Å². The van der Waals surface area contributed by atoms with Crippen LogP contribution < -0.4 is 10.0 Å². The van der Waals surface area contributed by atoms with E-state index in [1.54, 1.807) is 7.11 Å². The lowest BCUT2D eigenvalue weighted by Crippen LogP contribution is -2.21. The molecular formula is C20H25O2P. The van der Waals surface area contributed by atoms with Gasteiger partial charge in [0, 0.05) is 16.3 Å². The lowest BCUT2D eigenvalue weighted by molar-refractivity contribution is 0.112. The predicted molar refractivity (Wildman–Crippen MR) is 99.9 cm³/mol. The molecule has 0 aromatic heterocycles. The van der Waals surface area contributed by atoms with Crippen molar-refractivity contribution < 1.29 is 9.53 Å². The summed E-state index contributed by atoms with van der Waals surface area (Å²) in [6, 6.07) is 12.5. The summed E-state index contributed by atoms with van der Waals surface area (Å²) in [5.74, 6) is 0.962. The minimum absolute atomic E-state index is 0.0512. The van der Waals surface area contributed by atoms with E-state index in [0.29, 0.717) is 8.58 Å². The maximum Gasteiger partial charge on any atom is 0.150 e. The van der Waals surface area contributed by atoms with E-state index in [4.69, 9.17) is 4.74 Å². The van der Waals surface area contributed by atoms with Crippen molar-refractivity contribution in [3.05, 3.63) is 58.7 Å². The number of hydrogen-bond acceptors (Lipinski definition) is 2. The molecule has 0 aliphatic heterocycles. The van der Waals surface area contributed by atoms with E-state index in [9.17, 15) is 4.79 Å². The maximum atomic E-state index is 11.4. The molecule has 0 heterocycles. The van der Waals surface area contributed by atoms with Crippen LogP contribution in [-0.2, 0) is 5.16 Å². The van der Waals surface area contributed by atoms with Gasteiger partial charge in [0.05, 0.1) is 7.11 Å². The minimum atomic E-state index is -0.0512. The molecule has 0 aliphatic carbocycles. The quantitative estimate of drug-likeness (QED) is 0.565. The third-order valence-corrected chi connectivity index (χ3v) is 6.36. The van der Waals surface area contributed by atoms with Crippen LogP contribution in [0.3, 0.4) is 0 Å². The van der Waals surface area contributed by atoms with Gasteiger partial charge in [-0.05, 0) is 37.2 Å². The van der Waals surface area contributed by atoms with Crippen LogP contribution >= 0.6 is 8.58 Å². The van der Waals surface area contributed by atoms with Crippen LogP contribution in [0.4, 0.5) is 0 Å². The molecule has 2 aromatic carbocycles. The van der Waals surface area contributed by atoms with Gasteiger partial charge in [-0.3, -0.25) is 4.79 Å². The van der Waals surface area contributed by atoms with E-state index in [1.165, 1.54) is 5.56 Å². The van der Waals surface area contributed by atoms with Crippen molar-refractivity contribution in [1.82, 2.24) is 0 Å². The van der Waals surface area contributed by atoms with Crippen molar-refractivity contribution in [3.8, 4) is 5.75 Å². The molecule has 0 saturated heterocycles. The summed E-state index contributed by atoms with van der Waals surface area (Å²) in [6.07, 6.45) is 1.95. The van der Waals surface area contributed by atoms with Crippen molar-refractivity contribution >= 4 is 20.2 Å². The number of rotatable bonds is 6. The second-order valence-corrected chi connectivity index (χ2v) is 8.07. The zero-order valence-electron chi connectivity index (χ0n) is 14.6. The van der Waals surface area contributed by atoms with Gasteiger partial charge in [-0.1, -0.05) is 58.3 Å². The largest absolute Gasteiger partial charge is 0.496 e. The number of methoxy groups -OCH3 is 1. The average Bonchev–Trinajstić information content (AvgIpc) is 2.56. The summed E-state index contributed by atoms with van der Waals surface area (Å²) in [7, 11) is 2.24. The first-order valence-electron chi connectivity index (χ1n) is 7.93. The first kappa shape index (κ1) is 17.7. The molecular weight excluding hydrogens is 303 g/mol. The molecule has 3 heteroatoms. The summed E-state index contributed by atoms with van der Waals surface area (Å²) in [5.41, 5.74) is 4.29. The fraction of sp³-hybridized carbons (Fsp3) is 0.350. The lowest BCUT2D eigenvalue weighted by atomic mass is 9.94. The van der Waals surface area contributed by atoms with Crippen LogP contribution in [0.1, 0.15) is 47.3 Å². The van der Waals surface area contributed by atoms with Gasteiger partial charge in [-0.2, -0.15) is 0 Å². The number of ether oxygens (including phenoxy) is 1. The summed E-state index contributed by atoms with van der Waals surface area (Å²) in [4.78, 5) is 11.4. The first-order valence-corrected chi connectivity index (χ1v) is 8.93. The van der Waals surface area contributed by atoms with Crippen molar-refractivity contribution in [2.75, 3.05) is 7.11 Å². The second-order valence-electron chi connectivity index (χ2n) is 6.17. The molecule has 0 aliphatic rings. The third-order valence-electron chi connectivity index (χ3n) is 4.46. The number of aldehydes is 1. The standard InChI is InChI=1S/C20H25O2P/c1-6-20(4,17-9-7-8-15(3)19(17)22-5)23-18-11-10-14(2)12-16(18)13-21/h7-13,23H,6H2,1-5H3. The van der Waals surface area contributed by atoms with E-state index in [2.05, 4.69) is 51.1 Å². The molecule has 0 saturated carbocycles. The van der Waals surface area contributed by atoms with Gasteiger partial charge in [0.2, 0.25) is 0 Å². The zero-order valence-corrected chi connectivity index (χ0v) is 15.6. The van der Waals surface area contributed by atoms with Gasteiger partial charge in [-0.25, -0.2) is 0 Å². The summed E-state index contributed by atoms with van der Waals surface area (Å²) >= 11 is 0.